The monoisotopic (exact) mass is 327 g/mol. The summed E-state index contributed by atoms with van der Waals surface area (Å²) in [5.41, 5.74) is 1.74. The molecule has 0 amide bonds. The Balaban J connectivity index is 1.76. The maximum Gasteiger partial charge on any atom is 0.151 e. The number of hydrazine groups is 1. The van der Waals surface area contributed by atoms with Gasteiger partial charge in [-0.2, -0.15) is 0 Å². The molecule has 0 unspecified atom stereocenters. The average Bonchev–Trinajstić information content (AvgIpc) is 3.00. The fourth-order valence-corrected chi connectivity index (χ4v) is 2.81. The van der Waals surface area contributed by atoms with Crippen LogP contribution in [0.3, 0.4) is 0 Å². The van der Waals surface area contributed by atoms with Gasteiger partial charge in [0.1, 0.15) is 17.5 Å². The number of allylic oxidation sites excluding steroid dienone is 1. The molecule has 2 aromatic carbocycles. The molecular formula is C18H12F3N3. The molecule has 2 heterocycles. The first-order valence-corrected chi connectivity index (χ1v) is 7.36. The lowest BCUT2D eigenvalue weighted by atomic mass is 10.1. The molecule has 2 aliphatic heterocycles. The zero-order valence-corrected chi connectivity index (χ0v) is 12.5. The number of halogens is 3. The molecule has 0 bridgehead atoms. The van der Waals surface area contributed by atoms with Crippen LogP contribution in [0.15, 0.2) is 65.4 Å². The Kier molecular flexibility index (Phi) is 3.37. The molecule has 0 aliphatic carbocycles. The number of hydrogen-bond donors (Lipinski definition) is 0. The summed E-state index contributed by atoms with van der Waals surface area (Å²) < 4.78 is 40.6. The van der Waals surface area contributed by atoms with Crippen LogP contribution in [0, 0.1) is 17.5 Å². The molecule has 4 rings (SSSR count). The van der Waals surface area contributed by atoms with Crippen LogP contribution in [-0.4, -0.2) is 17.8 Å². The topological polar surface area (TPSA) is 18.8 Å². The van der Waals surface area contributed by atoms with E-state index in [1.54, 1.807) is 34.4 Å². The lowest BCUT2D eigenvalue weighted by Crippen LogP contribution is -2.37. The quantitative estimate of drug-likeness (QED) is 0.827. The lowest BCUT2D eigenvalue weighted by molar-refractivity contribution is 0.471. The minimum absolute atomic E-state index is 0.243. The number of hydrogen-bond acceptors (Lipinski definition) is 3. The molecule has 0 spiro atoms. The lowest BCUT2D eigenvalue weighted by Gasteiger charge is -2.35. The predicted molar refractivity (Wildman–Crippen MR) is 86.5 cm³/mol. The minimum Gasteiger partial charge on any atom is -0.272 e. The predicted octanol–water partition coefficient (Wildman–Crippen LogP) is 4.11. The fraction of sp³-hybridized carbons (Fsp3) is 0.0556. The van der Waals surface area contributed by atoms with Gasteiger partial charge in [-0.25, -0.2) is 23.2 Å². The molecule has 3 nitrogen and oxygen atoms in total. The molecule has 6 heteroatoms. The maximum atomic E-state index is 14.2. The number of nitrogens with zero attached hydrogens (tertiary/aromatic N) is 3. The Hall–Kier alpha value is -3.02. The second-order valence-corrected chi connectivity index (χ2v) is 5.39. The fourth-order valence-electron chi connectivity index (χ4n) is 2.81. The van der Waals surface area contributed by atoms with Crippen molar-refractivity contribution in [2.24, 2.45) is 4.99 Å². The van der Waals surface area contributed by atoms with Crippen molar-refractivity contribution in [2.45, 2.75) is 0 Å². The second kappa shape index (κ2) is 5.56. The molecule has 0 radical (unpaired) electrons. The zero-order chi connectivity index (χ0) is 16.7. The van der Waals surface area contributed by atoms with E-state index in [0.29, 0.717) is 12.4 Å². The van der Waals surface area contributed by atoms with Crippen LogP contribution in [-0.2, 0) is 0 Å². The first-order chi connectivity index (χ1) is 11.6. The highest BCUT2D eigenvalue weighted by Crippen LogP contribution is 2.36. The summed E-state index contributed by atoms with van der Waals surface area (Å²) in [6.45, 7) is 0.397. The van der Waals surface area contributed by atoms with Crippen LogP contribution in [0.2, 0.25) is 0 Å². The van der Waals surface area contributed by atoms with Crippen LogP contribution >= 0.6 is 0 Å². The van der Waals surface area contributed by atoms with E-state index in [1.165, 1.54) is 24.3 Å². The van der Waals surface area contributed by atoms with Gasteiger partial charge in [-0.15, -0.1) is 0 Å². The molecule has 2 aliphatic rings. The highest BCUT2D eigenvalue weighted by atomic mass is 19.1. The van der Waals surface area contributed by atoms with Crippen LogP contribution in [0.1, 0.15) is 5.56 Å². The van der Waals surface area contributed by atoms with E-state index >= 15 is 0 Å². The van der Waals surface area contributed by atoms with Crippen LogP contribution in [0.4, 0.5) is 18.9 Å². The van der Waals surface area contributed by atoms with Crippen molar-refractivity contribution in [1.29, 1.82) is 0 Å². The molecule has 0 saturated carbocycles. The van der Waals surface area contributed by atoms with Gasteiger partial charge in [-0.3, -0.25) is 5.01 Å². The van der Waals surface area contributed by atoms with Crippen molar-refractivity contribution in [2.75, 3.05) is 11.6 Å². The Bertz CT molecular complexity index is 885. The summed E-state index contributed by atoms with van der Waals surface area (Å²) in [4.78, 5) is 4.28. The number of aliphatic imine (C=N–C) groups is 1. The third-order valence-electron chi connectivity index (χ3n) is 3.90. The van der Waals surface area contributed by atoms with Crippen molar-refractivity contribution < 1.29 is 13.2 Å². The smallest absolute Gasteiger partial charge is 0.151 e. The number of anilines is 1. The van der Waals surface area contributed by atoms with Gasteiger partial charge in [0, 0.05) is 17.8 Å². The van der Waals surface area contributed by atoms with E-state index in [2.05, 4.69) is 4.99 Å². The Morgan fingerprint density at radius 2 is 1.67 bits per heavy atom. The SMILES string of the molecule is Fc1ccc(C2=CC=NC3=CCN(c4ccc(F)cc4F)N32)cc1. The number of rotatable bonds is 2. The van der Waals surface area contributed by atoms with Crippen LogP contribution in [0.5, 0.6) is 0 Å². The van der Waals surface area contributed by atoms with Crippen molar-refractivity contribution in [1.82, 2.24) is 5.01 Å². The Morgan fingerprint density at radius 3 is 2.42 bits per heavy atom. The molecular weight excluding hydrogens is 315 g/mol. The van der Waals surface area contributed by atoms with Gasteiger partial charge in [0.15, 0.2) is 5.82 Å². The summed E-state index contributed by atoms with van der Waals surface area (Å²) >= 11 is 0. The van der Waals surface area contributed by atoms with E-state index in [9.17, 15) is 13.2 Å². The largest absolute Gasteiger partial charge is 0.272 e. The van der Waals surface area contributed by atoms with Gasteiger partial charge in [0.2, 0.25) is 0 Å². The highest BCUT2D eigenvalue weighted by Gasteiger charge is 2.31. The molecule has 0 N–H and O–H groups in total. The molecule has 0 aromatic heterocycles. The number of fused-ring (bicyclic) bond motifs is 1. The van der Waals surface area contributed by atoms with Gasteiger partial charge in [-0.1, -0.05) is 0 Å². The Morgan fingerprint density at radius 1 is 0.917 bits per heavy atom. The zero-order valence-electron chi connectivity index (χ0n) is 12.5. The normalized spacial score (nSPS) is 16.1. The highest BCUT2D eigenvalue weighted by molar-refractivity contribution is 5.88. The third-order valence-corrected chi connectivity index (χ3v) is 3.90. The van der Waals surface area contributed by atoms with Crippen LogP contribution < -0.4 is 5.01 Å². The van der Waals surface area contributed by atoms with E-state index in [1.807, 2.05) is 6.08 Å². The molecule has 0 fully saturated rings. The summed E-state index contributed by atoms with van der Waals surface area (Å²) in [5, 5.41) is 3.40. The van der Waals surface area contributed by atoms with Crippen LogP contribution in [0.25, 0.3) is 5.70 Å². The average molecular weight is 327 g/mol. The van der Waals surface area contributed by atoms with Crippen molar-refractivity contribution >= 4 is 17.6 Å². The van der Waals surface area contributed by atoms with Gasteiger partial charge in [0.25, 0.3) is 0 Å². The maximum absolute atomic E-state index is 14.2. The third kappa shape index (κ3) is 2.36. The first-order valence-electron chi connectivity index (χ1n) is 7.36. The summed E-state index contributed by atoms with van der Waals surface area (Å²) in [6.07, 6.45) is 5.26. The van der Waals surface area contributed by atoms with Gasteiger partial charge in [-0.05, 0) is 48.6 Å². The van der Waals surface area contributed by atoms with E-state index in [0.717, 1.165) is 17.3 Å². The van der Waals surface area contributed by atoms with Gasteiger partial charge in [0.05, 0.1) is 17.9 Å². The van der Waals surface area contributed by atoms with E-state index < -0.39 is 11.6 Å². The molecule has 24 heavy (non-hydrogen) atoms. The summed E-state index contributed by atoms with van der Waals surface area (Å²) in [5.74, 6) is -0.977. The second-order valence-electron chi connectivity index (χ2n) is 5.39. The molecule has 2 aromatic rings. The first kappa shape index (κ1) is 14.6. The van der Waals surface area contributed by atoms with Crippen molar-refractivity contribution in [3.05, 3.63) is 83.5 Å². The number of benzene rings is 2. The molecule has 120 valence electrons. The minimum atomic E-state index is -0.655. The van der Waals surface area contributed by atoms with Gasteiger partial charge < -0.3 is 0 Å². The van der Waals surface area contributed by atoms with E-state index in [4.69, 9.17) is 0 Å². The van der Waals surface area contributed by atoms with Gasteiger partial charge >= 0.3 is 0 Å². The Labute approximate surface area is 136 Å². The molecule has 0 atom stereocenters. The van der Waals surface area contributed by atoms with Crippen molar-refractivity contribution in [3.8, 4) is 0 Å². The van der Waals surface area contributed by atoms with Crippen molar-refractivity contribution in [3.63, 3.8) is 0 Å². The molecule has 0 saturated heterocycles. The summed E-state index contributed by atoms with van der Waals surface area (Å²) in [7, 11) is 0. The standard InChI is InChI=1S/C18H12F3N3/c19-13-3-1-12(2-4-13)16-7-9-22-18-8-10-23(24(16)18)17-6-5-14(20)11-15(17)21/h1-9,11H,10H2. The summed E-state index contributed by atoms with van der Waals surface area (Å²) in [6, 6.07) is 9.48. The van der Waals surface area contributed by atoms with E-state index in [-0.39, 0.29) is 11.5 Å².